The van der Waals surface area contributed by atoms with Gasteiger partial charge < -0.3 is 10.8 Å². The van der Waals surface area contributed by atoms with Gasteiger partial charge in [0.05, 0.1) is 22.6 Å². The largest absolute Gasteiger partial charge is 0.508 e. The predicted molar refractivity (Wildman–Crippen MR) is 88.0 cm³/mol. The Morgan fingerprint density at radius 1 is 1.13 bits per heavy atom. The summed E-state index contributed by atoms with van der Waals surface area (Å²) in [7, 11) is 0. The average Bonchev–Trinajstić information content (AvgIpc) is 2.83. The van der Waals surface area contributed by atoms with Crippen LogP contribution in [-0.4, -0.2) is 25.5 Å². The van der Waals surface area contributed by atoms with Gasteiger partial charge in [-0.05, 0) is 39.3 Å². The van der Waals surface area contributed by atoms with Crippen molar-refractivity contribution in [2.45, 2.75) is 27.7 Å². The van der Waals surface area contributed by atoms with E-state index in [2.05, 4.69) is 9.97 Å². The van der Waals surface area contributed by atoms with Gasteiger partial charge in [-0.1, -0.05) is 6.07 Å². The highest BCUT2D eigenvalue weighted by Crippen LogP contribution is 2.31. The second-order valence-electron chi connectivity index (χ2n) is 5.72. The van der Waals surface area contributed by atoms with E-state index in [1.54, 1.807) is 16.8 Å². The van der Waals surface area contributed by atoms with E-state index in [-0.39, 0.29) is 5.75 Å². The number of rotatable bonds is 2. The number of fused-ring (bicyclic) bond motifs is 1. The van der Waals surface area contributed by atoms with Crippen LogP contribution in [0, 0.1) is 27.7 Å². The van der Waals surface area contributed by atoms with Crippen LogP contribution in [0.4, 0.5) is 0 Å². The minimum absolute atomic E-state index is 0.185. The summed E-state index contributed by atoms with van der Waals surface area (Å²) in [4.78, 5) is 20.8. The monoisotopic (exact) mass is 310 g/mol. The first kappa shape index (κ1) is 15.0. The Hall–Kier alpha value is -2.89. The van der Waals surface area contributed by atoms with E-state index < -0.39 is 5.91 Å². The number of phenols is 1. The van der Waals surface area contributed by atoms with Gasteiger partial charge in [0.15, 0.2) is 5.65 Å². The number of aromatic nitrogens is 3. The lowest BCUT2D eigenvalue weighted by Gasteiger charge is -2.13. The number of amides is 1. The zero-order valence-electron chi connectivity index (χ0n) is 13.5. The number of primary amides is 1. The van der Waals surface area contributed by atoms with Gasteiger partial charge in [0.2, 0.25) is 0 Å². The van der Waals surface area contributed by atoms with E-state index in [0.29, 0.717) is 22.3 Å². The first-order chi connectivity index (χ1) is 10.8. The fourth-order valence-corrected chi connectivity index (χ4v) is 2.74. The highest BCUT2D eigenvalue weighted by atomic mass is 16.3. The number of carbonyl (C=O) groups excluding carboxylic acids is 1. The van der Waals surface area contributed by atoms with Crippen molar-refractivity contribution in [3.05, 3.63) is 46.4 Å². The fourth-order valence-electron chi connectivity index (χ4n) is 2.74. The molecule has 0 atom stereocenters. The van der Waals surface area contributed by atoms with Crippen LogP contribution in [0.25, 0.3) is 16.9 Å². The van der Waals surface area contributed by atoms with E-state index >= 15 is 0 Å². The lowest BCUT2D eigenvalue weighted by molar-refractivity contribution is 0.100. The quantitative estimate of drug-likeness (QED) is 0.760. The van der Waals surface area contributed by atoms with Gasteiger partial charge in [0, 0.05) is 11.8 Å². The number of hydrogen-bond acceptors (Lipinski definition) is 4. The molecule has 118 valence electrons. The fraction of sp³-hybridized carbons (Fsp3) is 0.235. The molecule has 1 aromatic carbocycles. The summed E-state index contributed by atoms with van der Waals surface area (Å²) in [5.41, 5.74) is 10.8. The summed E-state index contributed by atoms with van der Waals surface area (Å²) >= 11 is 0. The molecule has 6 nitrogen and oxygen atoms in total. The summed E-state index contributed by atoms with van der Waals surface area (Å²) in [6.45, 7) is 7.47. The van der Waals surface area contributed by atoms with Gasteiger partial charge in [-0.3, -0.25) is 9.36 Å². The molecule has 0 saturated heterocycles. The third-order valence-corrected chi connectivity index (χ3v) is 4.14. The average molecular weight is 310 g/mol. The van der Waals surface area contributed by atoms with E-state index in [0.717, 1.165) is 22.6 Å². The minimum atomic E-state index is -0.554. The summed E-state index contributed by atoms with van der Waals surface area (Å²) in [5.74, 6) is -0.369. The smallest absolute Gasteiger partial charge is 0.252 e. The Morgan fingerprint density at radius 2 is 1.78 bits per heavy atom. The molecule has 2 aromatic heterocycles. The Balaban J connectivity index is 2.46. The van der Waals surface area contributed by atoms with E-state index in [4.69, 9.17) is 5.73 Å². The molecule has 2 heterocycles. The summed E-state index contributed by atoms with van der Waals surface area (Å²) < 4.78 is 1.78. The molecule has 0 aliphatic rings. The second-order valence-corrected chi connectivity index (χ2v) is 5.72. The Labute approximate surface area is 133 Å². The molecule has 0 radical (unpaired) electrons. The molecule has 0 spiro atoms. The van der Waals surface area contributed by atoms with Gasteiger partial charge in [-0.2, -0.15) is 0 Å². The van der Waals surface area contributed by atoms with Crippen LogP contribution >= 0.6 is 0 Å². The molecule has 0 aliphatic heterocycles. The molecule has 23 heavy (non-hydrogen) atoms. The Kier molecular flexibility index (Phi) is 3.32. The number of aromatic hydroxyl groups is 1. The van der Waals surface area contributed by atoms with Crippen LogP contribution in [0.3, 0.4) is 0 Å². The Bertz CT molecular complexity index is 957. The van der Waals surface area contributed by atoms with Crippen molar-refractivity contribution < 1.29 is 9.90 Å². The van der Waals surface area contributed by atoms with Gasteiger partial charge in [-0.25, -0.2) is 9.97 Å². The van der Waals surface area contributed by atoms with Crippen LogP contribution < -0.4 is 5.73 Å². The van der Waals surface area contributed by atoms with Crippen LogP contribution in [0.5, 0.6) is 5.75 Å². The molecule has 3 rings (SSSR count). The van der Waals surface area contributed by atoms with Gasteiger partial charge in [0.25, 0.3) is 5.91 Å². The Morgan fingerprint density at radius 3 is 2.43 bits per heavy atom. The van der Waals surface area contributed by atoms with E-state index in [1.807, 2.05) is 33.8 Å². The topological polar surface area (TPSA) is 94.0 Å². The van der Waals surface area contributed by atoms with Crippen LogP contribution in [0.15, 0.2) is 18.3 Å². The van der Waals surface area contributed by atoms with Crippen molar-refractivity contribution in [2.24, 2.45) is 5.73 Å². The standard InChI is InChI=1S/C17H18N4O2/c1-8-5-6-13(22)9(2)15(8)21-7-12(16(18)23)14-17(21)20-11(4)10(3)19-14/h5-7,22H,1-4H3,(H2,18,23). The van der Waals surface area contributed by atoms with Gasteiger partial charge in [0.1, 0.15) is 11.3 Å². The predicted octanol–water partition coefficient (Wildman–Crippen LogP) is 2.46. The number of aryl methyl sites for hydroxylation is 3. The first-order valence-corrected chi connectivity index (χ1v) is 7.27. The van der Waals surface area contributed by atoms with E-state index in [1.165, 1.54) is 0 Å². The van der Waals surface area contributed by atoms with Crippen LogP contribution in [0.2, 0.25) is 0 Å². The molecule has 0 aliphatic carbocycles. The number of hydrogen-bond donors (Lipinski definition) is 2. The third-order valence-electron chi connectivity index (χ3n) is 4.14. The first-order valence-electron chi connectivity index (χ1n) is 7.27. The maximum Gasteiger partial charge on any atom is 0.252 e. The zero-order chi connectivity index (χ0) is 16.9. The molecule has 3 N–H and O–H groups in total. The van der Waals surface area contributed by atoms with E-state index in [9.17, 15) is 9.90 Å². The zero-order valence-corrected chi connectivity index (χ0v) is 13.5. The lowest BCUT2D eigenvalue weighted by Crippen LogP contribution is -2.10. The SMILES string of the molecule is Cc1ccc(O)c(C)c1-n1cc(C(N)=O)c2nc(C)c(C)nc21. The normalized spacial score (nSPS) is 11.1. The molecular formula is C17H18N4O2. The van der Waals surface area contributed by atoms with Crippen molar-refractivity contribution in [1.82, 2.24) is 14.5 Å². The van der Waals surface area contributed by atoms with Gasteiger partial charge in [-0.15, -0.1) is 0 Å². The van der Waals surface area contributed by atoms with Crippen molar-refractivity contribution in [3.63, 3.8) is 0 Å². The van der Waals surface area contributed by atoms with Crippen LogP contribution in [-0.2, 0) is 0 Å². The van der Waals surface area contributed by atoms with Crippen LogP contribution in [0.1, 0.15) is 32.9 Å². The number of carbonyl (C=O) groups is 1. The molecule has 1 amide bonds. The number of nitrogens with zero attached hydrogens (tertiary/aromatic N) is 3. The number of phenolic OH excluding ortho intramolecular Hbond substituents is 1. The number of nitrogens with two attached hydrogens (primary N) is 1. The maximum atomic E-state index is 11.8. The summed E-state index contributed by atoms with van der Waals surface area (Å²) in [6.07, 6.45) is 1.64. The summed E-state index contributed by atoms with van der Waals surface area (Å²) in [6, 6.07) is 3.47. The molecule has 0 saturated carbocycles. The van der Waals surface area contributed by atoms with Crippen molar-refractivity contribution in [1.29, 1.82) is 0 Å². The summed E-state index contributed by atoms with van der Waals surface area (Å²) in [5, 5.41) is 10.0. The maximum absolute atomic E-state index is 11.8. The molecule has 0 bridgehead atoms. The molecule has 6 heteroatoms. The second kappa shape index (κ2) is 5.08. The molecule has 0 unspecified atom stereocenters. The highest BCUT2D eigenvalue weighted by Gasteiger charge is 2.20. The van der Waals surface area contributed by atoms with Crippen molar-refractivity contribution in [3.8, 4) is 11.4 Å². The highest BCUT2D eigenvalue weighted by molar-refractivity contribution is 6.04. The van der Waals surface area contributed by atoms with Crippen molar-refractivity contribution in [2.75, 3.05) is 0 Å². The van der Waals surface area contributed by atoms with Gasteiger partial charge >= 0.3 is 0 Å². The number of benzene rings is 1. The molecule has 0 fully saturated rings. The van der Waals surface area contributed by atoms with Crippen molar-refractivity contribution >= 4 is 17.1 Å². The molecular weight excluding hydrogens is 292 g/mol. The third kappa shape index (κ3) is 2.23. The molecule has 3 aromatic rings. The lowest BCUT2D eigenvalue weighted by atomic mass is 10.1. The minimum Gasteiger partial charge on any atom is -0.508 e.